The fourth-order valence-corrected chi connectivity index (χ4v) is 3.14. The number of aliphatic hydroxyl groups excluding tert-OH is 1. The molecule has 9 heteroatoms. The topological polar surface area (TPSA) is 110 Å². The molecule has 0 aliphatic carbocycles. The molecule has 1 atom stereocenters. The Morgan fingerprint density at radius 2 is 1.76 bits per heavy atom. The van der Waals surface area contributed by atoms with Gasteiger partial charge >= 0.3 is 12.1 Å². The van der Waals surface area contributed by atoms with Gasteiger partial charge < -0.3 is 29.5 Å². The molecule has 2 heterocycles. The summed E-state index contributed by atoms with van der Waals surface area (Å²) in [6, 6.07) is 9.21. The highest BCUT2D eigenvalue weighted by molar-refractivity contribution is 5.82. The maximum atomic E-state index is 12.0. The molecule has 0 radical (unpaired) electrons. The number of pyridine rings is 1. The first kappa shape index (κ1) is 24.6. The lowest BCUT2D eigenvalue weighted by Crippen LogP contribution is -2.58. The molecule has 0 saturated carbocycles. The number of nitrogens with one attached hydrogen (secondary N) is 1. The summed E-state index contributed by atoms with van der Waals surface area (Å²) in [5.41, 5.74) is -0.416. The average molecular weight is 460 g/mol. The molecule has 0 bridgehead atoms. The lowest BCUT2D eigenvalue weighted by molar-refractivity contribution is -0.166. The molecule has 1 aliphatic rings. The van der Waals surface area contributed by atoms with E-state index in [1.54, 1.807) is 37.8 Å². The third-order valence-electron chi connectivity index (χ3n) is 4.63. The van der Waals surface area contributed by atoms with Crippen molar-refractivity contribution >= 4 is 28.8 Å². The molecule has 9 nitrogen and oxygen atoms in total. The van der Waals surface area contributed by atoms with E-state index in [2.05, 4.69) is 10.3 Å². The van der Waals surface area contributed by atoms with Gasteiger partial charge in [0.15, 0.2) is 6.10 Å². The highest BCUT2D eigenvalue weighted by atomic mass is 16.6. The number of hydrogen-bond acceptors (Lipinski definition) is 8. The molecule has 33 heavy (non-hydrogen) atoms. The quantitative estimate of drug-likeness (QED) is 0.633. The van der Waals surface area contributed by atoms with Gasteiger partial charge in [0.05, 0.1) is 11.6 Å². The van der Waals surface area contributed by atoms with Crippen molar-refractivity contribution < 1.29 is 28.9 Å². The summed E-state index contributed by atoms with van der Waals surface area (Å²) in [4.78, 5) is 30.2. The summed E-state index contributed by atoms with van der Waals surface area (Å²) in [7, 11) is 0. The predicted octanol–water partition coefficient (Wildman–Crippen LogP) is 3.35. The monoisotopic (exact) mass is 459 g/mol. The van der Waals surface area contributed by atoms with Crippen LogP contribution in [0, 0.1) is 0 Å². The smallest absolute Gasteiger partial charge is 0.410 e. The summed E-state index contributed by atoms with van der Waals surface area (Å²) in [6.07, 6.45) is -1.68. The first-order chi connectivity index (χ1) is 15.3. The number of aromatic nitrogens is 1. The maximum absolute atomic E-state index is 12.0. The third-order valence-corrected chi connectivity index (χ3v) is 4.63. The van der Waals surface area contributed by atoms with Crippen molar-refractivity contribution in [3.05, 3.63) is 30.3 Å². The Kier molecular flexibility index (Phi) is 7.02. The second kappa shape index (κ2) is 9.43. The summed E-state index contributed by atoms with van der Waals surface area (Å²) in [5.74, 6) is 0.506. The van der Waals surface area contributed by atoms with Crippen molar-refractivity contribution in [2.75, 3.05) is 25.0 Å². The molecule has 1 saturated heterocycles. The molecule has 1 fully saturated rings. The first-order valence-corrected chi connectivity index (χ1v) is 11.0. The second-order valence-electron chi connectivity index (χ2n) is 10.1. The van der Waals surface area contributed by atoms with E-state index < -0.39 is 23.3 Å². The number of esters is 1. The minimum atomic E-state index is -1.37. The van der Waals surface area contributed by atoms with Crippen molar-refractivity contribution in [1.29, 1.82) is 0 Å². The van der Waals surface area contributed by atoms with E-state index in [4.69, 9.17) is 14.2 Å². The number of rotatable bonds is 6. The zero-order chi connectivity index (χ0) is 24.4. The lowest BCUT2D eigenvalue weighted by atomic mass is 10.1. The highest BCUT2D eigenvalue weighted by Crippen LogP contribution is 2.23. The Balaban J connectivity index is 1.52. The van der Waals surface area contributed by atoms with Gasteiger partial charge in [0.1, 0.15) is 29.4 Å². The molecule has 1 aliphatic heterocycles. The maximum Gasteiger partial charge on any atom is 0.410 e. The molecule has 1 amide bonds. The van der Waals surface area contributed by atoms with Crippen LogP contribution in [0.15, 0.2) is 30.3 Å². The summed E-state index contributed by atoms with van der Waals surface area (Å²) in [5, 5.41) is 14.1. The average Bonchev–Trinajstić information content (AvgIpc) is 2.65. The highest BCUT2D eigenvalue weighted by Gasteiger charge is 2.33. The number of ether oxygens (including phenoxy) is 3. The molecule has 2 aromatic rings. The van der Waals surface area contributed by atoms with Crippen LogP contribution in [0.5, 0.6) is 5.75 Å². The van der Waals surface area contributed by atoms with Crippen LogP contribution < -0.4 is 10.1 Å². The second-order valence-corrected chi connectivity index (χ2v) is 10.1. The van der Waals surface area contributed by atoms with Crippen LogP contribution in [0.25, 0.3) is 10.9 Å². The van der Waals surface area contributed by atoms with Gasteiger partial charge in [-0.1, -0.05) is 0 Å². The van der Waals surface area contributed by atoms with E-state index in [9.17, 15) is 14.7 Å². The van der Waals surface area contributed by atoms with Crippen LogP contribution in [-0.2, 0) is 14.3 Å². The minimum absolute atomic E-state index is 0.111. The Morgan fingerprint density at radius 3 is 2.39 bits per heavy atom. The van der Waals surface area contributed by atoms with E-state index in [0.717, 1.165) is 10.9 Å². The summed E-state index contributed by atoms with van der Waals surface area (Å²) >= 11 is 0. The van der Waals surface area contributed by atoms with Crippen molar-refractivity contribution in [3.8, 4) is 5.75 Å². The Bertz CT molecular complexity index is 1010. The van der Waals surface area contributed by atoms with Crippen LogP contribution in [0.4, 0.5) is 10.6 Å². The van der Waals surface area contributed by atoms with Crippen LogP contribution in [0.3, 0.4) is 0 Å². The van der Waals surface area contributed by atoms with Gasteiger partial charge in [-0.3, -0.25) is 0 Å². The first-order valence-electron chi connectivity index (χ1n) is 11.0. The van der Waals surface area contributed by atoms with Gasteiger partial charge in [-0.25, -0.2) is 14.6 Å². The minimum Gasteiger partial charge on any atom is -0.490 e. The zero-order valence-electron chi connectivity index (χ0n) is 20.0. The number of carbonyl (C=O) groups is 2. The van der Waals surface area contributed by atoms with Gasteiger partial charge in [-0.15, -0.1) is 0 Å². The zero-order valence-corrected chi connectivity index (χ0v) is 20.0. The van der Waals surface area contributed by atoms with Gasteiger partial charge in [0.25, 0.3) is 0 Å². The Hall–Kier alpha value is -3.07. The predicted molar refractivity (Wildman–Crippen MR) is 124 cm³/mol. The fourth-order valence-electron chi connectivity index (χ4n) is 3.14. The van der Waals surface area contributed by atoms with Crippen molar-refractivity contribution in [1.82, 2.24) is 9.88 Å². The van der Waals surface area contributed by atoms with E-state index in [1.807, 2.05) is 39.0 Å². The van der Waals surface area contributed by atoms with Crippen LogP contribution in [0.1, 0.15) is 41.5 Å². The van der Waals surface area contributed by atoms with Crippen molar-refractivity contribution in [2.24, 2.45) is 0 Å². The van der Waals surface area contributed by atoms with Crippen molar-refractivity contribution in [2.45, 2.75) is 64.9 Å². The van der Waals surface area contributed by atoms with Gasteiger partial charge in [-0.05, 0) is 71.9 Å². The Labute approximate surface area is 194 Å². The molecule has 0 spiro atoms. The largest absolute Gasteiger partial charge is 0.490 e. The van der Waals surface area contributed by atoms with Crippen LogP contribution in [-0.4, -0.2) is 70.1 Å². The van der Waals surface area contributed by atoms with Gasteiger partial charge in [0.2, 0.25) is 0 Å². The van der Waals surface area contributed by atoms with Crippen LogP contribution >= 0.6 is 0 Å². The van der Waals surface area contributed by atoms with E-state index in [1.165, 1.54) is 0 Å². The number of benzene rings is 1. The number of amides is 1. The van der Waals surface area contributed by atoms with E-state index in [-0.39, 0.29) is 18.7 Å². The number of hydrogen-bond donors (Lipinski definition) is 2. The molecule has 2 N–H and O–H groups in total. The molecular weight excluding hydrogens is 426 g/mol. The fraction of sp³-hybridized carbons (Fsp3) is 0.542. The standard InChI is InChI=1S/C24H33N3O6/c1-23(2,3)32-21(29)19(28)14-31-17-8-9-18-15(11-17)7-10-20(26-18)25-16-12-27(13-16)22(30)33-24(4,5)6/h7-11,16,19,28H,12-14H2,1-6H3,(H,25,26)/t19-/m1/s1. The van der Waals surface area contributed by atoms with Gasteiger partial charge in [0, 0.05) is 18.5 Å². The number of aliphatic hydroxyl groups is 1. The van der Waals surface area contributed by atoms with Gasteiger partial charge in [-0.2, -0.15) is 0 Å². The normalized spacial score (nSPS) is 15.5. The summed E-state index contributed by atoms with van der Waals surface area (Å²) in [6.45, 7) is 11.7. The number of fused-ring (bicyclic) bond motifs is 1. The lowest BCUT2D eigenvalue weighted by Gasteiger charge is -2.40. The molecule has 3 rings (SSSR count). The number of likely N-dealkylation sites (tertiary alicyclic amines) is 1. The number of carbonyl (C=O) groups excluding carboxylic acids is 2. The third kappa shape index (κ3) is 7.21. The van der Waals surface area contributed by atoms with Crippen LogP contribution in [0.2, 0.25) is 0 Å². The Morgan fingerprint density at radius 1 is 1.09 bits per heavy atom. The molecule has 1 aromatic carbocycles. The summed E-state index contributed by atoms with van der Waals surface area (Å²) < 4.78 is 16.1. The van der Waals surface area contributed by atoms with E-state index >= 15 is 0 Å². The van der Waals surface area contributed by atoms with E-state index in [0.29, 0.717) is 24.7 Å². The number of anilines is 1. The molecular formula is C24H33N3O6. The number of nitrogens with zero attached hydrogens (tertiary/aromatic N) is 2. The SMILES string of the molecule is CC(C)(C)OC(=O)[C@H](O)COc1ccc2nc(NC3CN(C(=O)OC(C)(C)C)C3)ccc2c1. The molecule has 180 valence electrons. The molecule has 0 unspecified atom stereocenters. The van der Waals surface area contributed by atoms with Crippen molar-refractivity contribution in [3.63, 3.8) is 0 Å². The molecule has 1 aromatic heterocycles.